The molecule has 8 nitrogen and oxygen atoms in total. The molecule has 31 heavy (non-hydrogen) atoms. The van der Waals surface area contributed by atoms with Crippen molar-refractivity contribution in [2.75, 3.05) is 12.4 Å². The first-order chi connectivity index (χ1) is 14.7. The minimum Gasteiger partial charge on any atom is -0.379 e. The maximum Gasteiger partial charge on any atom is 0.269 e. The lowest BCUT2D eigenvalue weighted by Gasteiger charge is -2.28. The van der Waals surface area contributed by atoms with Crippen LogP contribution >= 0.6 is 11.6 Å². The zero-order valence-corrected chi connectivity index (χ0v) is 19.0. The van der Waals surface area contributed by atoms with E-state index in [0.717, 1.165) is 25.7 Å². The summed E-state index contributed by atoms with van der Waals surface area (Å²) in [5, 5.41) is -0.262. The van der Waals surface area contributed by atoms with Gasteiger partial charge >= 0.3 is 0 Å². The summed E-state index contributed by atoms with van der Waals surface area (Å²) in [7, 11) is -2.02. The number of imidazole rings is 1. The fraction of sp³-hybridized carbons (Fsp3) is 0.500. The van der Waals surface area contributed by atoms with Gasteiger partial charge in [0.25, 0.3) is 5.91 Å². The Balaban J connectivity index is 1.63. The first-order valence-electron chi connectivity index (χ1n) is 10.1. The second-order valence-electron chi connectivity index (χ2n) is 7.68. The summed E-state index contributed by atoms with van der Waals surface area (Å²) in [6.07, 6.45) is 6.51. The maximum atomic E-state index is 14.4. The van der Waals surface area contributed by atoms with Crippen molar-refractivity contribution < 1.29 is 22.3 Å². The van der Waals surface area contributed by atoms with Gasteiger partial charge in [-0.2, -0.15) is 0 Å². The van der Waals surface area contributed by atoms with Crippen molar-refractivity contribution in [3.8, 4) is 11.3 Å². The summed E-state index contributed by atoms with van der Waals surface area (Å²) in [5.74, 6) is -2.03. The van der Waals surface area contributed by atoms with Crippen molar-refractivity contribution >= 4 is 27.5 Å². The van der Waals surface area contributed by atoms with Crippen molar-refractivity contribution in [2.24, 2.45) is 13.0 Å². The Hall–Kier alpha value is -2.01. The molecule has 0 radical (unpaired) electrons. The van der Waals surface area contributed by atoms with Crippen molar-refractivity contribution in [3.05, 3.63) is 41.1 Å². The van der Waals surface area contributed by atoms with Gasteiger partial charge in [-0.25, -0.2) is 17.8 Å². The Morgan fingerprint density at radius 1 is 1.32 bits per heavy atom. The average Bonchev–Trinajstić information content (AvgIpc) is 3.16. The van der Waals surface area contributed by atoms with Gasteiger partial charge in [0.1, 0.15) is 0 Å². The Morgan fingerprint density at radius 3 is 2.65 bits per heavy atom. The largest absolute Gasteiger partial charge is 0.379 e. The van der Waals surface area contributed by atoms with Crippen LogP contribution in [0.3, 0.4) is 0 Å². The van der Waals surface area contributed by atoms with Gasteiger partial charge < -0.3 is 9.30 Å². The number of aromatic nitrogens is 2. The molecule has 1 heterocycles. The van der Waals surface area contributed by atoms with Gasteiger partial charge in [-0.05, 0) is 50.7 Å². The third kappa shape index (κ3) is 6.25. The van der Waals surface area contributed by atoms with E-state index in [1.165, 1.54) is 12.1 Å². The zero-order valence-electron chi connectivity index (χ0n) is 17.4. The quantitative estimate of drug-likeness (QED) is 0.575. The fourth-order valence-corrected chi connectivity index (χ4v) is 5.21. The van der Waals surface area contributed by atoms with Crippen molar-refractivity contribution in [2.45, 2.75) is 38.7 Å². The number of hydrazine groups is 1. The topological polar surface area (TPSA) is 102 Å². The van der Waals surface area contributed by atoms with E-state index in [1.807, 2.05) is 6.92 Å². The van der Waals surface area contributed by atoms with Crippen LogP contribution in [0.25, 0.3) is 11.3 Å². The van der Waals surface area contributed by atoms with E-state index >= 15 is 0 Å². The van der Waals surface area contributed by atoms with E-state index < -0.39 is 21.7 Å². The summed E-state index contributed by atoms with van der Waals surface area (Å²) in [4.78, 5) is 18.7. The number of carbonyl (C=O) groups excluding carboxylic acids is 1. The van der Waals surface area contributed by atoms with Crippen molar-refractivity contribution in [3.63, 3.8) is 0 Å². The molecule has 1 aliphatic rings. The van der Waals surface area contributed by atoms with Crippen LogP contribution in [0.4, 0.5) is 4.39 Å². The maximum absolute atomic E-state index is 14.4. The van der Waals surface area contributed by atoms with Crippen LogP contribution in [-0.2, 0) is 21.8 Å². The smallest absolute Gasteiger partial charge is 0.269 e. The molecular weight excluding hydrogens is 447 g/mol. The summed E-state index contributed by atoms with van der Waals surface area (Å²) in [5.41, 5.74) is 2.64. The summed E-state index contributed by atoms with van der Waals surface area (Å²) in [6.45, 7) is 2.58. The number of benzene rings is 1. The third-order valence-electron chi connectivity index (χ3n) is 5.24. The molecule has 0 atom stereocenters. The molecule has 2 N–H and O–H groups in total. The van der Waals surface area contributed by atoms with Crippen LogP contribution in [0.15, 0.2) is 24.7 Å². The number of carbonyl (C=O) groups is 1. The number of nitrogens with one attached hydrogen (secondary N) is 2. The molecule has 1 fully saturated rings. The minimum atomic E-state index is -3.79. The molecule has 1 aliphatic carbocycles. The van der Waals surface area contributed by atoms with Crippen molar-refractivity contribution in [1.82, 2.24) is 19.8 Å². The van der Waals surface area contributed by atoms with E-state index in [-0.39, 0.29) is 28.4 Å². The normalized spacial score (nSPS) is 19.4. The highest BCUT2D eigenvalue weighted by Crippen LogP contribution is 2.28. The van der Waals surface area contributed by atoms with Gasteiger partial charge in [-0.1, -0.05) is 11.6 Å². The molecule has 1 saturated carbocycles. The van der Waals surface area contributed by atoms with Gasteiger partial charge in [0, 0.05) is 25.4 Å². The fourth-order valence-electron chi connectivity index (χ4n) is 3.71. The number of aryl methyl sites for hydroxylation is 1. The van der Waals surface area contributed by atoms with Crippen LogP contribution in [-0.4, -0.2) is 42.3 Å². The highest BCUT2D eigenvalue weighted by molar-refractivity contribution is 7.89. The average molecular weight is 473 g/mol. The first kappa shape index (κ1) is 23.6. The predicted molar refractivity (Wildman–Crippen MR) is 115 cm³/mol. The highest BCUT2D eigenvalue weighted by Gasteiger charge is 2.26. The predicted octanol–water partition coefficient (Wildman–Crippen LogP) is 3.04. The first-order valence-corrected chi connectivity index (χ1v) is 12.1. The van der Waals surface area contributed by atoms with E-state index in [2.05, 4.69) is 15.2 Å². The second-order valence-corrected chi connectivity index (χ2v) is 9.85. The third-order valence-corrected chi connectivity index (χ3v) is 6.84. The molecule has 0 bridgehead atoms. The Labute approximate surface area is 186 Å². The summed E-state index contributed by atoms with van der Waals surface area (Å²) < 4.78 is 46.5. The molecule has 2 aromatic rings. The minimum absolute atomic E-state index is 0.0234. The van der Waals surface area contributed by atoms with Gasteiger partial charge in [-0.15, -0.1) is 4.83 Å². The molecule has 1 aromatic carbocycles. The lowest BCUT2D eigenvalue weighted by Crippen LogP contribution is -2.44. The SMILES string of the molecule is CCOC1CCC(CS(=O)(=O)NNC(=O)c2cc(-c3cn(C)cn3)cc(Cl)c2F)CC1. The molecule has 1 amide bonds. The number of ether oxygens (including phenoxy) is 1. The van der Waals surface area contributed by atoms with E-state index in [0.29, 0.717) is 17.9 Å². The molecule has 11 heteroatoms. The lowest BCUT2D eigenvalue weighted by atomic mass is 9.89. The van der Waals surface area contributed by atoms with Crippen LogP contribution in [0.5, 0.6) is 0 Å². The van der Waals surface area contributed by atoms with Gasteiger partial charge in [0.15, 0.2) is 5.82 Å². The Morgan fingerprint density at radius 2 is 2.03 bits per heavy atom. The molecule has 1 aromatic heterocycles. The monoisotopic (exact) mass is 472 g/mol. The van der Waals surface area contributed by atoms with Crippen LogP contribution in [0.1, 0.15) is 43.0 Å². The van der Waals surface area contributed by atoms with Gasteiger partial charge in [0.05, 0.1) is 34.5 Å². The lowest BCUT2D eigenvalue weighted by molar-refractivity contribution is 0.0279. The number of nitrogens with zero attached hydrogens (tertiary/aromatic N) is 2. The van der Waals surface area contributed by atoms with Crippen LogP contribution < -0.4 is 10.3 Å². The number of hydrogen-bond acceptors (Lipinski definition) is 5. The molecule has 3 rings (SSSR count). The number of hydrogen-bond donors (Lipinski definition) is 2. The van der Waals surface area contributed by atoms with E-state index in [9.17, 15) is 17.6 Å². The van der Waals surface area contributed by atoms with Gasteiger partial charge in [-0.3, -0.25) is 10.2 Å². The molecule has 0 unspecified atom stereocenters. The molecule has 0 aliphatic heterocycles. The Bertz CT molecular complexity index is 1040. The van der Waals surface area contributed by atoms with E-state index in [1.54, 1.807) is 24.1 Å². The standard InChI is InChI=1S/C20H26ClFN4O4S/c1-3-30-15-6-4-13(5-7-15)11-31(28,29)25-24-20(27)16-8-14(9-17(21)19(16)22)18-10-26(2)12-23-18/h8-10,12-13,15,25H,3-7,11H2,1-2H3,(H,24,27). The summed E-state index contributed by atoms with van der Waals surface area (Å²) >= 11 is 5.93. The van der Waals surface area contributed by atoms with Crippen LogP contribution in [0, 0.1) is 11.7 Å². The highest BCUT2D eigenvalue weighted by atomic mass is 35.5. The number of halogens is 2. The van der Waals surface area contributed by atoms with E-state index in [4.69, 9.17) is 16.3 Å². The molecule has 0 spiro atoms. The molecule has 0 saturated heterocycles. The number of amides is 1. The zero-order chi connectivity index (χ0) is 22.6. The number of sulfonamides is 1. The van der Waals surface area contributed by atoms with Crippen molar-refractivity contribution in [1.29, 1.82) is 0 Å². The molecule has 170 valence electrons. The number of rotatable bonds is 8. The van der Waals surface area contributed by atoms with Gasteiger partial charge in [0.2, 0.25) is 10.0 Å². The van der Waals surface area contributed by atoms with Crippen LogP contribution in [0.2, 0.25) is 5.02 Å². The Kier molecular flexibility index (Phi) is 7.68. The summed E-state index contributed by atoms with van der Waals surface area (Å²) in [6, 6.07) is 2.64. The molecular formula is C20H26ClFN4O4S. The second kappa shape index (κ2) is 10.1.